The van der Waals surface area contributed by atoms with E-state index in [1.165, 1.54) is 0 Å². The molecule has 0 radical (unpaired) electrons. The summed E-state index contributed by atoms with van der Waals surface area (Å²) in [5.74, 6) is 0. The average molecular weight is 619 g/mol. The molecule has 0 spiro atoms. The summed E-state index contributed by atoms with van der Waals surface area (Å²) in [6.07, 6.45) is 1.73. The van der Waals surface area contributed by atoms with E-state index in [0.717, 1.165) is 55.4 Å². The molecule has 226 valence electrons. The molecule has 0 amide bonds. The van der Waals surface area contributed by atoms with Crippen molar-refractivity contribution in [3.8, 4) is 22.3 Å². The van der Waals surface area contributed by atoms with Gasteiger partial charge in [0.15, 0.2) is 0 Å². The summed E-state index contributed by atoms with van der Waals surface area (Å²) in [4.78, 5) is 2.02. The predicted molar refractivity (Wildman–Crippen MR) is 204 cm³/mol. The molecule has 48 heavy (non-hydrogen) atoms. The molecule has 9 aromatic rings. The summed E-state index contributed by atoms with van der Waals surface area (Å²) in [7, 11) is 0. The van der Waals surface area contributed by atoms with Gasteiger partial charge < -0.3 is 9.32 Å². The van der Waals surface area contributed by atoms with Crippen molar-refractivity contribution in [2.45, 2.75) is 0 Å². The molecule has 0 aliphatic carbocycles. The summed E-state index contributed by atoms with van der Waals surface area (Å²) < 4.78 is 51.7. The van der Waals surface area contributed by atoms with Gasteiger partial charge in [-0.15, -0.1) is 0 Å². The molecule has 0 bridgehead atoms. The average Bonchev–Trinajstić information content (AvgIpc) is 3.58. The first kappa shape index (κ1) is 23.0. The van der Waals surface area contributed by atoms with E-state index in [2.05, 4.69) is 73.3 Å². The lowest BCUT2D eigenvalue weighted by molar-refractivity contribution is 0.672. The number of nitrogens with zero attached hydrogens (tertiary/aromatic N) is 1. The highest BCUT2D eigenvalue weighted by Crippen LogP contribution is 2.47. The highest BCUT2D eigenvalue weighted by atomic mass is 16.3. The molecule has 8 aromatic carbocycles. The largest absolute Gasteiger partial charge is 0.455 e. The standard InChI is InChI=1S/C46H31NO/c1-2-31-22-27-42-44(28-31)48-46-41-20-9-7-15-36(41)30-43(45(42)46)47(37-25-23-33(24-26-37)32-12-4-3-5-13-32)38-18-10-17-35(29-38)40-21-11-16-34-14-6-8-19-39(34)40/h2-30H,1H2/i7D,9D,15D,20D,30D. The molecule has 0 N–H and O–H groups in total. The molecule has 2 nitrogen and oxygen atoms in total. The number of rotatable bonds is 6. The van der Waals surface area contributed by atoms with Crippen LogP contribution in [0.2, 0.25) is 0 Å². The molecule has 0 aliphatic rings. The lowest BCUT2D eigenvalue weighted by atomic mass is 9.97. The second-order valence-electron chi connectivity index (χ2n) is 11.8. The summed E-state index contributed by atoms with van der Waals surface area (Å²) in [6.45, 7) is 3.93. The third-order valence-corrected chi connectivity index (χ3v) is 9.01. The van der Waals surface area contributed by atoms with Crippen LogP contribution in [0.4, 0.5) is 17.1 Å². The molecule has 0 atom stereocenters. The van der Waals surface area contributed by atoms with Crippen molar-refractivity contribution in [1.82, 2.24) is 0 Å². The molecule has 0 saturated carbocycles. The maximum Gasteiger partial charge on any atom is 0.145 e. The van der Waals surface area contributed by atoms with Gasteiger partial charge in [-0.2, -0.15) is 0 Å². The Hall–Kier alpha value is -6.38. The molecule has 0 saturated heterocycles. The fourth-order valence-electron chi connectivity index (χ4n) is 6.71. The Morgan fingerprint density at radius 1 is 0.583 bits per heavy atom. The second-order valence-corrected chi connectivity index (χ2v) is 11.8. The lowest BCUT2D eigenvalue weighted by Crippen LogP contribution is -2.10. The van der Waals surface area contributed by atoms with Gasteiger partial charge in [-0.3, -0.25) is 0 Å². The molecule has 9 rings (SSSR count). The summed E-state index contributed by atoms with van der Waals surface area (Å²) >= 11 is 0. The van der Waals surface area contributed by atoms with Crippen LogP contribution in [0.1, 0.15) is 12.4 Å². The fourth-order valence-corrected chi connectivity index (χ4v) is 6.71. The first-order valence-electron chi connectivity index (χ1n) is 18.4. The van der Waals surface area contributed by atoms with Crippen LogP contribution in [0, 0.1) is 0 Å². The first-order valence-corrected chi connectivity index (χ1v) is 15.9. The molecular formula is C46H31NO. The zero-order valence-corrected chi connectivity index (χ0v) is 25.9. The highest BCUT2D eigenvalue weighted by molar-refractivity contribution is 6.22. The lowest BCUT2D eigenvalue weighted by Gasteiger charge is -2.27. The molecular weight excluding hydrogens is 583 g/mol. The van der Waals surface area contributed by atoms with Crippen LogP contribution in [0.25, 0.3) is 71.8 Å². The minimum Gasteiger partial charge on any atom is -0.455 e. The minimum atomic E-state index is -0.400. The quantitative estimate of drug-likeness (QED) is 0.184. The van der Waals surface area contributed by atoms with E-state index in [9.17, 15) is 1.37 Å². The van der Waals surface area contributed by atoms with Gasteiger partial charge in [0.1, 0.15) is 11.2 Å². The Bertz CT molecular complexity index is 2910. The van der Waals surface area contributed by atoms with E-state index in [-0.39, 0.29) is 34.9 Å². The highest BCUT2D eigenvalue weighted by Gasteiger charge is 2.22. The maximum atomic E-state index is 9.90. The van der Waals surface area contributed by atoms with Gasteiger partial charge in [0.25, 0.3) is 0 Å². The Kier molecular flexibility index (Phi) is 5.49. The second kappa shape index (κ2) is 11.5. The first-order chi connectivity index (χ1) is 25.8. The van der Waals surface area contributed by atoms with Crippen LogP contribution in [-0.4, -0.2) is 0 Å². The Morgan fingerprint density at radius 2 is 1.33 bits per heavy atom. The zero-order chi connectivity index (χ0) is 36.4. The van der Waals surface area contributed by atoms with Crippen molar-refractivity contribution in [2.75, 3.05) is 4.90 Å². The van der Waals surface area contributed by atoms with Crippen LogP contribution in [0.5, 0.6) is 0 Å². The van der Waals surface area contributed by atoms with Crippen molar-refractivity contribution in [1.29, 1.82) is 0 Å². The number of hydrogen-bond acceptors (Lipinski definition) is 2. The maximum absolute atomic E-state index is 9.90. The topological polar surface area (TPSA) is 16.4 Å². The van der Waals surface area contributed by atoms with Gasteiger partial charge in [0.05, 0.1) is 17.9 Å². The molecule has 2 heteroatoms. The smallest absolute Gasteiger partial charge is 0.145 e. The number of furan rings is 1. The van der Waals surface area contributed by atoms with Gasteiger partial charge >= 0.3 is 0 Å². The summed E-state index contributed by atoms with van der Waals surface area (Å²) in [5, 5.41) is 3.83. The van der Waals surface area contributed by atoms with E-state index in [1.807, 2.05) is 77.7 Å². The van der Waals surface area contributed by atoms with Gasteiger partial charge in [-0.25, -0.2) is 0 Å². The Balaban J connectivity index is 1.40. The SMILES string of the molecule is [2H]c1c([2H])c([2H])c2c(c1[2H])c([2H])c(N(c1ccc(-c3ccccc3)cc1)c1cccc(-c3cccc4ccccc34)c1)c1c3ccc(C=C)cc3oc21. The van der Waals surface area contributed by atoms with Gasteiger partial charge in [-0.1, -0.05) is 140 Å². The van der Waals surface area contributed by atoms with Gasteiger partial charge in [0, 0.05) is 22.1 Å². The predicted octanol–water partition coefficient (Wildman–Crippen LogP) is 13.3. The van der Waals surface area contributed by atoms with Crippen molar-refractivity contribution in [3.05, 3.63) is 182 Å². The number of benzene rings is 8. The third-order valence-electron chi connectivity index (χ3n) is 9.01. The van der Waals surface area contributed by atoms with E-state index >= 15 is 0 Å². The minimum absolute atomic E-state index is 0.0299. The summed E-state index contributed by atoms with van der Waals surface area (Å²) in [5.41, 5.74) is 7.83. The van der Waals surface area contributed by atoms with Crippen molar-refractivity contribution in [2.24, 2.45) is 0 Å². The van der Waals surface area contributed by atoms with Crippen molar-refractivity contribution >= 4 is 66.6 Å². The van der Waals surface area contributed by atoms with Gasteiger partial charge in [0.2, 0.25) is 0 Å². The van der Waals surface area contributed by atoms with Crippen LogP contribution >= 0.6 is 0 Å². The molecule has 0 unspecified atom stereocenters. The number of anilines is 3. The van der Waals surface area contributed by atoms with Crippen LogP contribution in [-0.2, 0) is 0 Å². The van der Waals surface area contributed by atoms with Crippen LogP contribution in [0.15, 0.2) is 181 Å². The van der Waals surface area contributed by atoms with Crippen molar-refractivity contribution in [3.63, 3.8) is 0 Å². The van der Waals surface area contributed by atoms with E-state index < -0.39 is 6.04 Å². The molecule has 0 fully saturated rings. The monoisotopic (exact) mass is 618 g/mol. The summed E-state index contributed by atoms with van der Waals surface area (Å²) in [6, 6.07) is 45.5. The Morgan fingerprint density at radius 3 is 2.21 bits per heavy atom. The van der Waals surface area contributed by atoms with Crippen LogP contribution in [0.3, 0.4) is 0 Å². The third kappa shape index (κ3) is 4.66. The number of fused-ring (bicyclic) bond motifs is 6. The van der Waals surface area contributed by atoms with Crippen molar-refractivity contribution < 1.29 is 11.3 Å². The van der Waals surface area contributed by atoms with Gasteiger partial charge in [-0.05, 0) is 86.4 Å². The Labute approximate surface area is 286 Å². The fraction of sp³-hybridized carbons (Fsp3) is 0. The van der Waals surface area contributed by atoms with E-state index in [0.29, 0.717) is 22.2 Å². The molecule has 1 heterocycles. The van der Waals surface area contributed by atoms with E-state index in [1.54, 1.807) is 6.08 Å². The van der Waals surface area contributed by atoms with Crippen LogP contribution < -0.4 is 4.90 Å². The molecule has 1 aromatic heterocycles. The van der Waals surface area contributed by atoms with E-state index in [4.69, 9.17) is 9.90 Å². The molecule has 0 aliphatic heterocycles. The normalized spacial score (nSPS) is 12.9. The number of hydrogen-bond donors (Lipinski definition) is 0. The zero-order valence-electron chi connectivity index (χ0n) is 30.9.